The van der Waals surface area contributed by atoms with Crippen molar-refractivity contribution in [3.63, 3.8) is 0 Å². The van der Waals surface area contributed by atoms with Crippen LogP contribution in [0, 0.1) is 24.0 Å². The van der Waals surface area contributed by atoms with Gasteiger partial charge in [-0.1, -0.05) is 35.3 Å². The molecule has 0 aliphatic carbocycles. The molecule has 1 heterocycles. The minimum absolute atomic E-state index is 0.104. The van der Waals surface area contributed by atoms with E-state index in [2.05, 4.69) is 11.1 Å². The molecule has 2 unspecified atom stereocenters. The predicted octanol–water partition coefficient (Wildman–Crippen LogP) is 2.97. The first kappa shape index (κ1) is 21.9. The second-order valence-corrected chi connectivity index (χ2v) is 7.17. The summed E-state index contributed by atoms with van der Waals surface area (Å²) in [6.45, 7) is 1.42. The molecule has 30 heavy (non-hydrogen) atoms. The number of oxime groups is 1. The summed E-state index contributed by atoms with van der Waals surface area (Å²) in [5.74, 6) is 1.73. The molecular weight excluding hydrogens is 390 g/mol. The summed E-state index contributed by atoms with van der Waals surface area (Å²) in [5.41, 5.74) is 2.33. The molecule has 1 aliphatic rings. The first-order valence-corrected chi connectivity index (χ1v) is 9.68. The number of terminal acetylenes is 1. The number of halogens is 2. The van der Waals surface area contributed by atoms with Gasteiger partial charge in [0.15, 0.2) is 0 Å². The molecule has 0 aromatic heterocycles. The molecule has 0 saturated carbocycles. The predicted molar refractivity (Wildman–Crippen MR) is 110 cm³/mol. The first-order chi connectivity index (χ1) is 14.5. The molecular formula is C23H24F2N2O3. The van der Waals surface area contributed by atoms with Crippen molar-refractivity contribution < 1.29 is 23.5 Å². The zero-order valence-corrected chi connectivity index (χ0v) is 16.5. The van der Waals surface area contributed by atoms with Gasteiger partial charge in [-0.05, 0) is 35.4 Å². The lowest BCUT2D eigenvalue weighted by Gasteiger charge is -2.27. The Labute approximate surface area is 174 Å². The van der Waals surface area contributed by atoms with Gasteiger partial charge in [0.05, 0.1) is 18.4 Å². The van der Waals surface area contributed by atoms with E-state index in [9.17, 15) is 13.9 Å². The van der Waals surface area contributed by atoms with Crippen molar-refractivity contribution in [2.45, 2.75) is 25.2 Å². The maximum absolute atomic E-state index is 13.6. The lowest BCUT2D eigenvalue weighted by Crippen LogP contribution is -2.39. The number of hydrogen-bond acceptors (Lipinski definition) is 5. The van der Waals surface area contributed by atoms with Crippen molar-refractivity contribution in [1.82, 2.24) is 4.90 Å². The van der Waals surface area contributed by atoms with Crippen LogP contribution in [0.4, 0.5) is 8.78 Å². The third-order valence-corrected chi connectivity index (χ3v) is 4.63. The monoisotopic (exact) mass is 414 g/mol. The Balaban J connectivity index is 1.61. The average Bonchev–Trinajstić information content (AvgIpc) is 3.17. The standard InChI is InChI=1S/C23H24F2N2O3/c1-2-10-29-16-21(28)14-27(13-17-4-3-5-20(25)11-17)15-22-12-23(26-30-22)18-6-8-19(24)9-7-18/h1,3-9,11,21-22,28H,10,12-16H2. The summed E-state index contributed by atoms with van der Waals surface area (Å²) in [6.07, 6.45) is 4.71. The highest BCUT2D eigenvalue weighted by atomic mass is 19.1. The van der Waals surface area contributed by atoms with E-state index >= 15 is 0 Å². The number of rotatable bonds is 10. The molecule has 1 N–H and O–H groups in total. The first-order valence-electron chi connectivity index (χ1n) is 9.68. The third kappa shape index (κ3) is 6.63. The van der Waals surface area contributed by atoms with Gasteiger partial charge in [0.2, 0.25) is 0 Å². The van der Waals surface area contributed by atoms with Gasteiger partial charge < -0.3 is 14.7 Å². The highest BCUT2D eigenvalue weighted by Gasteiger charge is 2.26. The number of hydrogen-bond donors (Lipinski definition) is 1. The number of benzene rings is 2. The van der Waals surface area contributed by atoms with Crippen LogP contribution >= 0.6 is 0 Å². The molecule has 0 radical (unpaired) electrons. The Morgan fingerprint density at radius 1 is 1.23 bits per heavy atom. The fourth-order valence-electron chi connectivity index (χ4n) is 3.33. The van der Waals surface area contributed by atoms with Crippen LogP contribution < -0.4 is 0 Å². The number of aliphatic hydroxyl groups excluding tert-OH is 1. The maximum atomic E-state index is 13.6. The zero-order valence-electron chi connectivity index (χ0n) is 16.5. The Hall–Kier alpha value is -2.79. The van der Waals surface area contributed by atoms with Gasteiger partial charge in [-0.25, -0.2) is 8.78 Å². The average molecular weight is 414 g/mol. The maximum Gasteiger partial charge on any atom is 0.145 e. The molecule has 0 spiro atoms. The van der Waals surface area contributed by atoms with E-state index in [-0.39, 0.29) is 31.0 Å². The van der Waals surface area contributed by atoms with Crippen LogP contribution in [0.25, 0.3) is 0 Å². The Kier molecular flexibility index (Phi) is 7.91. The van der Waals surface area contributed by atoms with Crippen LogP contribution in [0.2, 0.25) is 0 Å². The molecule has 2 atom stereocenters. The van der Waals surface area contributed by atoms with E-state index in [1.54, 1.807) is 18.2 Å². The summed E-state index contributed by atoms with van der Waals surface area (Å²) in [6, 6.07) is 12.4. The van der Waals surface area contributed by atoms with Crippen LogP contribution in [-0.4, -0.2) is 54.2 Å². The molecule has 5 nitrogen and oxygen atoms in total. The van der Waals surface area contributed by atoms with E-state index in [1.165, 1.54) is 24.3 Å². The Bertz CT molecular complexity index is 896. The molecule has 0 amide bonds. The second-order valence-electron chi connectivity index (χ2n) is 7.17. The summed E-state index contributed by atoms with van der Waals surface area (Å²) < 4.78 is 31.9. The van der Waals surface area contributed by atoms with Crippen molar-refractivity contribution in [3.8, 4) is 12.3 Å². The van der Waals surface area contributed by atoms with Crippen molar-refractivity contribution in [1.29, 1.82) is 0 Å². The van der Waals surface area contributed by atoms with Crippen molar-refractivity contribution >= 4 is 5.71 Å². The van der Waals surface area contributed by atoms with Gasteiger partial charge in [0, 0.05) is 26.1 Å². The second kappa shape index (κ2) is 10.8. The molecule has 1 aliphatic heterocycles. The summed E-state index contributed by atoms with van der Waals surface area (Å²) >= 11 is 0. The molecule has 158 valence electrons. The lowest BCUT2D eigenvalue weighted by molar-refractivity contribution is 0.00417. The number of aliphatic hydroxyl groups is 1. The summed E-state index contributed by atoms with van der Waals surface area (Å²) in [5, 5.41) is 14.4. The van der Waals surface area contributed by atoms with Crippen LogP contribution in [-0.2, 0) is 16.1 Å². The fraction of sp³-hybridized carbons (Fsp3) is 0.348. The van der Waals surface area contributed by atoms with E-state index in [1.807, 2.05) is 11.0 Å². The zero-order chi connectivity index (χ0) is 21.3. The number of nitrogens with zero attached hydrogens (tertiary/aromatic N) is 2. The van der Waals surface area contributed by atoms with Gasteiger partial charge in [-0.3, -0.25) is 4.90 Å². The SMILES string of the molecule is C#CCOCC(O)CN(Cc1cccc(F)c1)CC1CC(c2ccc(F)cc2)=NO1. The molecule has 0 saturated heterocycles. The largest absolute Gasteiger partial charge is 0.390 e. The van der Waals surface area contributed by atoms with Gasteiger partial charge >= 0.3 is 0 Å². The summed E-state index contributed by atoms with van der Waals surface area (Å²) in [4.78, 5) is 7.53. The van der Waals surface area contributed by atoms with Crippen molar-refractivity contribution in [2.75, 3.05) is 26.3 Å². The van der Waals surface area contributed by atoms with Gasteiger partial charge in [0.25, 0.3) is 0 Å². The van der Waals surface area contributed by atoms with Crippen LogP contribution in [0.3, 0.4) is 0 Å². The smallest absolute Gasteiger partial charge is 0.145 e. The Morgan fingerprint density at radius 3 is 2.77 bits per heavy atom. The van der Waals surface area contributed by atoms with E-state index in [0.29, 0.717) is 26.1 Å². The van der Waals surface area contributed by atoms with Crippen LogP contribution in [0.15, 0.2) is 53.7 Å². The van der Waals surface area contributed by atoms with Crippen molar-refractivity contribution in [3.05, 3.63) is 71.3 Å². The fourth-order valence-corrected chi connectivity index (χ4v) is 3.33. The van der Waals surface area contributed by atoms with Crippen molar-refractivity contribution in [2.24, 2.45) is 5.16 Å². The molecule has 0 bridgehead atoms. The highest BCUT2D eigenvalue weighted by Crippen LogP contribution is 2.19. The van der Waals surface area contributed by atoms with E-state index < -0.39 is 6.10 Å². The molecule has 3 rings (SSSR count). The number of ether oxygens (including phenoxy) is 1. The topological polar surface area (TPSA) is 54.3 Å². The normalized spacial score (nSPS) is 16.8. The Morgan fingerprint density at radius 2 is 2.03 bits per heavy atom. The highest BCUT2D eigenvalue weighted by molar-refractivity contribution is 6.01. The van der Waals surface area contributed by atoms with E-state index in [4.69, 9.17) is 16.0 Å². The van der Waals surface area contributed by atoms with Gasteiger partial charge in [-0.2, -0.15) is 0 Å². The minimum atomic E-state index is -0.759. The van der Waals surface area contributed by atoms with Crippen LogP contribution in [0.5, 0.6) is 0 Å². The molecule has 2 aromatic carbocycles. The minimum Gasteiger partial charge on any atom is -0.390 e. The molecule has 0 fully saturated rings. The van der Waals surface area contributed by atoms with E-state index in [0.717, 1.165) is 16.8 Å². The van der Waals surface area contributed by atoms with Crippen LogP contribution in [0.1, 0.15) is 17.5 Å². The molecule has 2 aromatic rings. The summed E-state index contributed by atoms with van der Waals surface area (Å²) in [7, 11) is 0. The van der Waals surface area contributed by atoms with Gasteiger partial charge in [-0.15, -0.1) is 6.42 Å². The lowest BCUT2D eigenvalue weighted by atomic mass is 10.0. The quantitative estimate of drug-likeness (QED) is 0.480. The molecule has 7 heteroatoms. The third-order valence-electron chi connectivity index (χ3n) is 4.63. The van der Waals surface area contributed by atoms with Gasteiger partial charge in [0.1, 0.15) is 24.3 Å².